The number of rotatable bonds is 5. The first-order valence-corrected chi connectivity index (χ1v) is 5.21. The molecule has 2 N–H and O–H groups in total. The fraction of sp³-hybridized carbons (Fsp3) is 0.273. The van der Waals surface area contributed by atoms with Crippen molar-refractivity contribution >= 4 is 12.1 Å². The maximum absolute atomic E-state index is 11.3. The van der Waals surface area contributed by atoms with Crippen LogP contribution in [0.3, 0.4) is 0 Å². The summed E-state index contributed by atoms with van der Waals surface area (Å²) in [6.07, 6.45) is 1.88. The molecule has 0 fully saturated rings. The van der Waals surface area contributed by atoms with E-state index >= 15 is 0 Å². The summed E-state index contributed by atoms with van der Waals surface area (Å²) in [7, 11) is 1.18. The quantitative estimate of drug-likeness (QED) is 0.595. The Morgan fingerprint density at radius 3 is 2.47 bits per heavy atom. The monoisotopic (exact) mass is 271 g/mol. The number of carbonyl (C=O) groups is 2. The molecule has 1 aromatic heterocycles. The molecule has 0 aliphatic heterocycles. The number of hydrogen-bond donors (Lipinski definition) is 2. The van der Waals surface area contributed by atoms with Crippen LogP contribution in [0, 0.1) is 0 Å². The second-order valence-corrected chi connectivity index (χ2v) is 3.25. The van der Waals surface area contributed by atoms with E-state index in [9.17, 15) is 19.8 Å². The summed E-state index contributed by atoms with van der Waals surface area (Å²) < 4.78 is 9.35. The first-order chi connectivity index (χ1) is 9.04. The smallest absolute Gasteiger partial charge is 0.492 e. The number of hydrogen-bond acceptors (Lipinski definition) is 7. The maximum atomic E-state index is 11.3. The molecule has 0 aliphatic rings. The molecule has 0 saturated carbocycles. The summed E-state index contributed by atoms with van der Waals surface area (Å²) in [5.74, 6) is -1.51. The van der Waals surface area contributed by atoms with Crippen LogP contribution in [0.1, 0.15) is 6.42 Å². The molecule has 0 atom stereocenters. The molecule has 1 rings (SSSR count). The van der Waals surface area contributed by atoms with Crippen molar-refractivity contribution in [1.82, 2.24) is 4.73 Å². The summed E-state index contributed by atoms with van der Waals surface area (Å²) in [5.41, 5.74) is 0. The van der Waals surface area contributed by atoms with E-state index in [-0.39, 0.29) is 13.0 Å². The van der Waals surface area contributed by atoms with Gasteiger partial charge in [-0.25, -0.2) is 9.59 Å². The Balaban J connectivity index is 2.32. The average molecular weight is 271 g/mol. The van der Waals surface area contributed by atoms with Crippen LogP contribution in [-0.2, 0) is 14.3 Å². The highest BCUT2D eigenvalue weighted by Gasteiger charge is 2.10. The normalized spacial score (nSPS) is 10.4. The van der Waals surface area contributed by atoms with Crippen LogP contribution in [0.4, 0.5) is 4.79 Å². The maximum Gasteiger partial charge on any atom is 0.508 e. The molecule has 0 amide bonds. The van der Waals surface area contributed by atoms with Gasteiger partial charge < -0.3 is 24.5 Å². The molecular weight excluding hydrogens is 258 g/mol. The van der Waals surface area contributed by atoms with Crippen molar-refractivity contribution in [3.8, 4) is 11.8 Å². The van der Waals surface area contributed by atoms with E-state index < -0.39 is 23.9 Å². The van der Waals surface area contributed by atoms with Crippen molar-refractivity contribution in [1.29, 1.82) is 0 Å². The fourth-order valence-electron chi connectivity index (χ4n) is 1.06. The zero-order valence-corrected chi connectivity index (χ0v) is 10.1. The lowest BCUT2D eigenvalue weighted by molar-refractivity contribution is -0.144. The van der Waals surface area contributed by atoms with Crippen molar-refractivity contribution in [3.63, 3.8) is 0 Å². The SMILES string of the molecule is COC(=O)OCC=CCC(=O)On1c(O)ccc1O. The van der Waals surface area contributed by atoms with E-state index in [0.29, 0.717) is 4.73 Å². The Kier molecular flexibility index (Phi) is 5.27. The summed E-state index contributed by atoms with van der Waals surface area (Å²) in [5, 5.41) is 18.4. The molecule has 0 bridgehead atoms. The first kappa shape index (κ1) is 14.4. The third-order valence-corrected chi connectivity index (χ3v) is 1.91. The van der Waals surface area contributed by atoms with Crippen LogP contribution in [0.15, 0.2) is 24.3 Å². The van der Waals surface area contributed by atoms with E-state index in [1.807, 2.05) is 0 Å². The Labute approximate surface area is 108 Å². The number of aromatic nitrogens is 1. The van der Waals surface area contributed by atoms with Crippen molar-refractivity contribution in [3.05, 3.63) is 24.3 Å². The van der Waals surface area contributed by atoms with Crippen molar-refractivity contribution in [2.75, 3.05) is 13.7 Å². The average Bonchev–Trinajstić information content (AvgIpc) is 2.69. The molecule has 8 nitrogen and oxygen atoms in total. The lowest BCUT2D eigenvalue weighted by atomic mass is 10.4. The second kappa shape index (κ2) is 6.94. The van der Waals surface area contributed by atoms with Crippen molar-refractivity contribution < 1.29 is 34.1 Å². The zero-order valence-electron chi connectivity index (χ0n) is 10.1. The topological polar surface area (TPSA) is 107 Å². The van der Waals surface area contributed by atoms with Crippen molar-refractivity contribution in [2.24, 2.45) is 0 Å². The van der Waals surface area contributed by atoms with Crippen LogP contribution >= 0.6 is 0 Å². The standard InChI is InChI=1S/C11H13NO7/c1-17-11(16)18-7-3-2-4-10(15)19-12-8(13)5-6-9(12)14/h2-3,5-6,13-14H,4,7H2,1H3. The van der Waals surface area contributed by atoms with Gasteiger partial charge in [0.05, 0.1) is 13.5 Å². The predicted octanol–water partition coefficient (Wildman–Crippen LogP) is 0.584. The minimum absolute atomic E-state index is 0.0417. The molecule has 0 radical (unpaired) electrons. The lowest BCUT2D eigenvalue weighted by Gasteiger charge is -2.05. The largest absolute Gasteiger partial charge is 0.508 e. The van der Waals surface area contributed by atoms with Crippen LogP contribution < -0.4 is 4.84 Å². The molecule has 19 heavy (non-hydrogen) atoms. The Morgan fingerprint density at radius 1 is 1.26 bits per heavy atom. The van der Waals surface area contributed by atoms with Gasteiger partial charge in [0.15, 0.2) is 0 Å². The minimum atomic E-state index is -0.825. The Hall–Kier alpha value is -2.64. The molecular formula is C11H13NO7. The molecule has 104 valence electrons. The number of carbonyl (C=O) groups excluding carboxylic acids is 2. The second-order valence-electron chi connectivity index (χ2n) is 3.25. The van der Waals surface area contributed by atoms with Crippen LogP contribution in [0.5, 0.6) is 11.8 Å². The highest BCUT2D eigenvalue weighted by Crippen LogP contribution is 2.18. The predicted molar refractivity (Wildman–Crippen MR) is 61.5 cm³/mol. The van der Waals surface area contributed by atoms with Gasteiger partial charge in [-0.05, 0) is 0 Å². The van der Waals surface area contributed by atoms with Crippen LogP contribution in [0.25, 0.3) is 0 Å². The minimum Gasteiger partial charge on any atom is -0.492 e. The number of aromatic hydroxyl groups is 2. The molecule has 1 aromatic rings. The Bertz CT molecular complexity index is 458. The Morgan fingerprint density at radius 2 is 1.89 bits per heavy atom. The number of ether oxygens (including phenoxy) is 2. The molecule has 0 spiro atoms. The van der Waals surface area contributed by atoms with Gasteiger partial charge in [0.2, 0.25) is 11.8 Å². The third-order valence-electron chi connectivity index (χ3n) is 1.91. The summed E-state index contributed by atoms with van der Waals surface area (Å²) in [6.45, 7) is -0.0417. The summed E-state index contributed by atoms with van der Waals surface area (Å²) in [4.78, 5) is 26.5. The molecule has 0 unspecified atom stereocenters. The zero-order chi connectivity index (χ0) is 14.3. The highest BCUT2D eigenvalue weighted by atomic mass is 16.7. The molecule has 8 heteroatoms. The first-order valence-electron chi connectivity index (χ1n) is 5.21. The van der Waals surface area contributed by atoms with Crippen LogP contribution in [-0.4, -0.2) is 40.8 Å². The van der Waals surface area contributed by atoms with Gasteiger partial charge in [-0.1, -0.05) is 12.2 Å². The van der Waals surface area contributed by atoms with Gasteiger partial charge >= 0.3 is 12.1 Å². The van der Waals surface area contributed by atoms with Gasteiger partial charge in [-0.15, -0.1) is 4.73 Å². The molecule has 1 heterocycles. The third kappa shape index (κ3) is 4.62. The van der Waals surface area contributed by atoms with Gasteiger partial charge in [-0.2, -0.15) is 0 Å². The van der Waals surface area contributed by atoms with E-state index in [1.165, 1.54) is 31.4 Å². The van der Waals surface area contributed by atoms with Gasteiger partial charge in [-0.3, -0.25) is 0 Å². The summed E-state index contributed by atoms with van der Waals surface area (Å²) >= 11 is 0. The highest BCUT2D eigenvalue weighted by molar-refractivity contribution is 5.71. The number of methoxy groups -OCH3 is 1. The van der Waals surface area contributed by atoms with E-state index in [1.54, 1.807) is 0 Å². The van der Waals surface area contributed by atoms with Crippen molar-refractivity contribution in [2.45, 2.75) is 6.42 Å². The summed E-state index contributed by atoms with van der Waals surface area (Å²) in [6, 6.07) is 2.34. The van der Waals surface area contributed by atoms with Gasteiger partial charge in [0.25, 0.3) is 0 Å². The van der Waals surface area contributed by atoms with E-state index in [4.69, 9.17) is 0 Å². The molecule has 0 aromatic carbocycles. The van der Waals surface area contributed by atoms with E-state index in [2.05, 4.69) is 14.3 Å². The fourth-order valence-corrected chi connectivity index (χ4v) is 1.06. The van der Waals surface area contributed by atoms with Gasteiger partial charge in [0, 0.05) is 12.1 Å². The molecule has 0 saturated heterocycles. The number of nitrogens with zero attached hydrogens (tertiary/aromatic N) is 1. The van der Waals surface area contributed by atoms with Crippen LogP contribution in [0.2, 0.25) is 0 Å². The molecule has 0 aliphatic carbocycles. The van der Waals surface area contributed by atoms with E-state index in [0.717, 1.165) is 0 Å². The lowest BCUT2D eigenvalue weighted by Crippen LogP contribution is -2.18. The van der Waals surface area contributed by atoms with Gasteiger partial charge in [0.1, 0.15) is 6.61 Å².